The third-order valence-corrected chi connectivity index (χ3v) is 4.53. The monoisotopic (exact) mass is 336 g/mol. The van der Waals surface area contributed by atoms with Crippen molar-refractivity contribution in [1.29, 1.82) is 0 Å². The molecule has 0 saturated heterocycles. The minimum absolute atomic E-state index is 0.0411. The first-order valence-electron chi connectivity index (χ1n) is 7.50. The summed E-state index contributed by atoms with van der Waals surface area (Å²) in [6.45, 7) is 3.38. The van der Waals surface area contributed by atoms with E-state index >= 15 is 0 Å². The second-order valence-corrected chi connectivity index (χ2v) is 6.57. The predicted molar refractivity (Wildman–Crippen MR) is 96.7 cm³/mol. The Balaban J connectivity index is 1.91. The van der Waals surface area contributed by atoms with E-state index in [1.165, 1.54) is 18.3 Å². The molecule has 0 atom stereocenters. The van der Waals surface area contributed by atoms with E-state index in [1.807, 2.05) is 37.3 Å². The number of hydrogen-bond donors (Lipinski definition) is 1. The molecule has 1 N–H and O–H groups in total. The minimum atomic E-state index is -0.279. The number of aryl methyl sites for hydroxylation is 1. The molecule has 0 aliphatic carbocycles. The molecule has 2 aromatic carbocycles. The second kappa shape index (κ2) is 6.76. The lowest BCUT2D eigenvalue weighted by Gasteiger charge is -2.06. The molecule has 0 fully saturated rings. The van der Waals surface area contributed by atoms with Crippen LogP contribution in [-0.4, -0.2) is 16.7 Å². The highest BCUT2D eigenvalue weighted by Crippen LogP contribution is 2.30. The van der Waals surface area contributed by atoms with Crippen LogP contribution in [0, 0.1) is 6.92 Å². The smallest absolute Gasteiger partial charge is 0.275 e. The highest BCUT2D eigenvalue weighted by atomic mass is 32.1. The van der Waals surface area contributed by atoms with Gasteiger partial charge in [-0.2, -0.15) is 0 Å². The molecule has 0 radical (unpaired) electrons. The van der Waals surface area contributed by atoms with Gasteiger partial charge in [0.25, 0.3) is 5.91 Å². The first kappa shape index (κ1) is 16.1. The highest BCUT2D eigenvalue weighted by molar-refractivity contribution is 7.15. The Hall–Kier alpha value is -2.79. The molecule has 1 amide bonds. The van der Waals surface area contributed by atoms with E-state index < -0.39 is 0 Å². The van der Waals surface area contributed by atoms with Crippen molar-refractivity contribution in [3.63, 3.8) is 0 Å². The van der Waals surface area contributed by atoms with Crippen molar-refractivity contribution >= 4 is 28.7 Å². The van der Waals surface area contributed by atoms with Crippen LogP contribution in [0.4, 0.5) is 5.69 Å². The molecular formula is C19H16N2O2S. The Bertz CT molecular complexity index is 901. The zero-order chi connectivity index (χ0) is 17.1. The summed E-state index contributed by atoms with van der Waals surface area (Å²) in [5, 5.41) is 3.66. The number of benzene rings is 2. The van der Waals surface area contributed by atoms with Gasteiger partial charge >= 0.3 is 0 Å². The van der Waals surface area contributed by atoms with Gasteiger partial charge in [0.1, 0.15) is 5.69 Å². The highest BCUT2D eigenvalue weighted by Gasteiger charge is 2.18. The van der Waals surface area contributed by atoms with E-state index in [9.17, 15) is 9.59 Å². The Kier molecular flexibility index (Phi) is 4.53. The topological polar surface area (TPSA) is 59.1 Å². The van der Waals surface area contributed by atoms with Gasteiger partial charge in [-0.15, -0.1) is 11.3 Å². The van der Waals surface area contributed by atoms with E-state index in [0.29, 0.717) is 16.9 Å². The van der Waals surface area contributed by atoms with Gasteiger partial charge < -0.3 is 5.32 Å². The third kappa shape index (κ3) is 3.41. The van der Waals surface area contributed by atoms with Crippen molar-refractivity contribution < 1.29 is 9.59 Å². The number of rotatable bonds is 4. The molecule has 3 aromatic rings. The molecule has 0 unspecified atom stereocenters. The number of nitrogens with one attached hydrogen (secondary N) is 1. The number of amides is 1. The van der Waals surface area contributed by atoms with Crippen LogP contribution >= 0.6 is 11.3 Å². The molecule has 0 aliphatic rings. The fourth-order valence-corrected chi connectivity index (χ4v) is 3.29. The Labute approximate surface area is 144 Å². The normalized spacial score (nSPS) is 10.4. The summed E-state index contributed by atoms with van der Waals surface area (Å²) in [4.78, 5) is 29.3. The molecule has 120 valence electrons. The summed E-state index contributed by atoms with van der Waals surface area (Å²) < 4.78 is 0. The van der Waals surface area contributed by atoms with Gasteiger partial charge in [0.2, 0.25) is 0 Å². The Morgan fingerprint density at radius 3 is 2.50 bits per heavy atom. The predicted octanol–water partition coefficient (Wildman–Crippen LogP) is 4.57. The van der Waals surface area contributed by atoms with E-state index in [1.54, 1.807) is 24.3 Å². The lowest BCUT2D eigenvalue weighted by Crippen LogP contribution is -2.13. The number of ketones is 1. The van der Waals surface area contributed by atoms with Crippen molar-refractivity contribution in [2.45, 2.75) is 13.8 Å². The maximum atomic E-state index is 12.7. The van der Waals surface area contributed by atoms with Crippen LogP contribution in [0.1, 0.15) is 32.8 Å². The van der Waals surface area contributed by atoms with Gasteiger partial charge in [0.15, 0.2) is 5.78 Å². The molecule has 24 heavy (non-hydrogen) atoms. The fraction of sp³-hybridized carbons (Fsp3) is 0.105. The third-order valence-electron chi connectivity index (χ3n) is 3.51. The Morgan fingerprint density at radius 1 is 1.04 bits per heavy atom. The van der Waals surface area contributed by atoms with Gasteiger partial charge in [-0.3, -0.25) is 9.59 Å². The van der Waals surface area contributed by atoms with Crippen molar-refractivity contribution in [3.05, 3.63) is 70.9 Å². The van der Waals surface area contributed by atoms with Crippen LogP contribution in [0.15, 0.2) is 54.6 Å². The number of anilines is 1. The first-order valence-corrected chi connectivity index (χ1v) is 8.31. The lowest BCUT2D eigenvalue weighted by atomic mass is 10.1. The molecule has 1 aromatic heterocycles. The number of carbonyl (C=O) groups is 2. The molecule has 0 saturated carbocycles. The molecule has 4 nitrogen and oxygen atoms in total. The van der Waals surface area contributed by atoms with E-state index in [2.05, 4.69) is 10.3 Å². The number of hydrogen-bond acceptors (Lipinski definition) is 4. The van der Waals surface area contributed by atoms with Crippen LogP contribution in [0.5, 0.6) is 0 Å². The second-order valence-electron chi connectivity index (χ2n) is 5.37. The SMILES string of the molecule is CC(=O)c1cccc(NC(=O)c2nc(C)sc2-c2ccccc2)c1. The molecule has 0 spiro atoms. The number of nitrogens with zero attached hydrogens (tertiary/aromatic N) is 1. The summed E-state index contributed by atoms with van der Waals surface area (Å²) >= 11 is 1.49. The average molecular weight is 336 g/mol. The van der Waals surface area contributed by atoms with Crippen LogP contribution in [0.2, 0.25) is 0 Å². The van der Waals surface area contributed by atoms with Crippen LogP contribution in [0.25, 0.3) is 10.4 Å². The van der Waals surface area contributed by atoms with Gasteiger partial charge in [-0.1, -0.05) is 42.5 Å². The lowest BCUT2D eigenvalue weighted by molar-refractivity contribution is 0.101. The van der Waals surface area contributed by atoms with Crippen molar-refractivity contribution in [3.8, 4) is 10.4 Å². The first-order chi connectivity index (χ1) is 11.5. The maximum absolute atomic E-state index is 12.7. The molecule has 5 heteroatoms. The van der Waals surface area contributed by atoms with E-state index in [-0.39, 0.29) is 11.7 Å². The Morgan fingerprint density at radius 2 is 1.79 bits per heavy atom. The largest absolute Gasteiger partial charge is 0.321 e. The van der Waals surface area contributed by atoms with E-state index in [0.717, 1.165) is 15.4 Å². The van der Waals surface area contributed by atoms with Crippen molar-refractivity contribution in [2.24, 2.45) is 0 Å². The zero-order valence-electron chi connectivity index (χ0n) is 13.4. The molecular weight excluding hydrogens is 320 g/mol. The van der Waals surface area contributed by atoms with E-state index in [4.69, 9.17) is 0 Å². The van der Waals surface area contributed by atoms with Gasteiger partial charge in [0.05, 0.1) is 9.88 Å². The number of thiazole rings is 1. The summed E-state index contributed by atoms with van der Waals surface area (Å²) in [5.41, 5.74) is 2.51. The summed E-state index contributed by atoms with van der Waals surface area (Å²) in [6.07, 6.45) is 0. The van der Waals surface area contributed by atoms with Crippen LogP contribution in [0.3, 0.4) is 0 Å². The number of Topliss-reactive ketones (excluding diaryl/α,β-unsaturated/α-hetero) is 1. The summed E-state index contributed by atoms with van der Waals surface area (Å²) in [7, 11) is 0. The summed E-state index contributed by atoms with van der Waals surface area (Å²) in [6, 6.07) is 16.6. The molecule has 3 rings (SSSR count). The van der Waals surface area contributed by atoms with Crippen molar-refractivity contribution in [2.75, 3.05) is 5.32 Å². The maximum Gasteiger partial charge on any atom is 0.275 e. The molecule has 0 bridgehead atoms. The number of carbonyl (C=O) groups excluding carboxylic acids is 2. The molecule has 0 aliphatic heterocycles. The zero-order valence-corrected chi connectivity index (χ0v) is 14.2. The van der Waals surface area contributed by atoms with Gasteiger partial charge in [-0.25, -0.2) is 4.98 Å². The summed E-state index contributed by atoms with van der Waals surface area (Å²) in [5.74, 6) is -0.320. The average Bonchev–Trinajstić information content (AvgIpc) is 2.98. The van der Waals surface area contributed by atoms with Gasteiger partial charge in [0, 0.05) is 11.3 Å². The fourth-order valence-electron chi connectivity index (χ4n) is 2.37. The van der Waals surface area contributed by atoms with Crippen LogP contribution in [-0.2, 0) is 0 Å². The minimum Gasteiger partial charge on any atom is -0.321 e. The standard InChI is InChI=1S/C19H16N2O2S/c1-12(22)15-9-6-10-16(11-15)21-19(23)17-18(24-13(2)20-17)14-7-4-3-5-8-14/h3-11H,1-2H3,(H,21,23). The van der Waals surface area contributed by atoms with Crippen LogP contribution < -0.4 is 5.32 Å². The van der Waals surface area contributed by atoms with Crippen molar-refractivity contribution in [1.82, 2.24) is 4.98 Å². The van der Waals surface area contributed by atoms with Gasteiger partial charge in [-0.05, 0) is 31.5 Å². The molecule has 1 heterocycles. The quantitative estimate of drug-likeness (QED) is 0.710. The number of aromatic nitrogens is 1.